The molecule has 0 saturated carbocycles. The van der Waals surface area contributed by atoms with Crippen molar-refractivity contribution >= 4 is 44.4 Å². The maximum atomic E-state index is 6.14. The number of nitrogens with one attached hydrogen (secondary N) is 2. The first-order valence-electron chi connectivity index (χ1n) is 24.0. The van der Waals surface area contributed by atoms with Crippen molar-refractivity contribution in [2.24, 2.45) is 0 Å². The van der Waals surface area contributed by atoms with Crippen LogP contribution in [0.5, 0.6) is 0 Å². The first-order chi connectivity index (χ1) is 31.5. The summed E-state index contributed by atoms with van der Waals surface area (Å²) in [5.41, 5.74) is 28.9. The van der Waals surface area contributed by atoms with Gasteiger partial charge in [0.1, 0.15) is 0 Å². The SMILES string of the molecule is CCC1=C(CC)c2nc1c(CC)c1[nH]c(c(CC)c1CC)c(-c1ccccc1)c1nc(c(-c3ccccc3)c3[nH]c(c2CC)c(CC)c3CC)C(c2ccccc2)=C1c1ccccc1. The lowest BCUT2D eigenvalue weighted by atomic mass is 9.87. The van der Waals surface area contributed by atoms with Crippen LogP contribution in [0.2, 0.25) is 0 Å². The molecule has 64 heavy (non-hydrogen) atoms. The number of hydrogen-bond acceptors (Lipinski definition) is 2. The molecule has 2 aliphatic heterocycles. The molecule has 3 aromatic heterocycles. The number of allylic oxidation sites excluding steroid dienone is 2. The molecule has 322 valence electrons. The molecule has 0 atom stereocenters. The van der Waals surface area contributed by atoms with Gasteiger partial charge in [-0.2, -0.15) is 0 Å². The van der Waals surface area contributed by atoms with E-state index in [1.165, 1.54) is 55.6 Å². The first-order valence-corrected chi connectivity index (χ1v) is 24.0. The Morgan fingerprint density at radius 3 is 0.875 bits per heavy atom. The molecule has 7 aromatic rings. The summed E-state index contributed by atoms with van der Waals surface area (Å²) in [6.45, 7) is 18.5. The lowest BCUT2D eigenvalue weighted by Crippen LogP contribution is -1.95. The largest absolute Gasteiger partial charge is 0.354 e. The normalized spacial score (nSPS) is 12.8. The number of rotatable bonds is 12. The Kier molecular flexibility index (Phi) is 12.2. The Labute approximate surface area is 380 Å². The second-order valence-corrected chi connectivity index (χ2v) is 17.0. The van der Waals surface area contributed by atoms with E-state index in [1.807, 2.05) is 0 Å². The Hall–Kier alpha value is -6.52. The third kappa shape index (κ3) is 6.99. The summed E-state index contributed by atoms with van der Waals surface area (Å²) in [6, 6.07) is 44.0. The maximum Gasteiger partial charge on any atom is 0.0822 e. The highest BCUT2D eigenvalue weighted by Crippen LogP contribution is 2.49. The lowest BCUT2D eigenvalue weighted by Gasteiger charge is -2.14. The number of fused-ring (bicyclic) bond motifs is 8. The maximum absolute atomic E-state index is 6.14. The summed E-state index contributed by atoms with van der Waals surface area (Å²) in [4.78, 5) is 20.5. The molecule has 8 bridgehead atoms. The van der Waals surface area contributed by atoms with E-state index < -0.39 is 0 Å². The Balaban J connectivity index is 1.70. The topological polar surface area (TPSA) is 57.4 Å². The van der Waals surface area contributed by atoms with E-state index in [1.54, 1.807) is 0 Å². The number of hydrogen-bond donors (Lipinski definition) is 2. The van der Waals surface area contributed by atoms with Gasteiger partial charge in [-0.3, -0.25) is 0 Å². The first kappa shape index (κ1) is 42.8. The molecule has 0 aliphatic carbocycles. The van der Waals surface area contributed by atoms with Gasteiger partial charge >= 0.3 is 0 Å². The Morgan fingerprint density at radius 1 is 0.297 bits per heavy atom. The number of nitrogens with zero attached hydrogens (tertiary/aromatic N) is 2. The molecule has 9 rings (SSSR count). The molecule has 2 N–H and O–H groups in total. The van der Waals surface area contributed by atoms with Gasteiger partial charge in [-0.05, 0) is 107 Å². The molecular formula is C60H62N4. The second kappa shape index (κ2) is 18.3. The zero-order valence-corrected chi connectivity index (χ0v) is 39.1. The van der Waals surface area contributed by atoms with Crippen LogP contribution in [0, 0.1) is 0 Å². The second-order valence-electron chi connectivity index (χ2n) is 17.0. The third-order valence-corrected chi connectivity index (χ3v) is 13.8. The molecule has 5 heterocycles. The summed E-state index contributed by atoms with van der Waals surface area (Å²) in [7, 11) is 0. The van der Waals surface area contributed by atoms with Gasteiger partial charge < -0.3 is 9.97 Å². The van der Waals surface area contributed by atoms with Crippen molar-refractivity contribution in [1.29, 1.82) is 0 Å². The van der Waals surface area contributed by atoms with Crippen molar-refractivity contribution in [3.63, 3.8) is 0 Å². The van der Waals surface area contributed by atoms with Gasteiger partial charge in [-0.1, -0.05) is 177 Å². The predicted molar refractivity (Wildman–Crippen MR) is 273 cm³/mol. The molecule has 4 heteroatoms. The minimum atomic E-state index is 0.860. The van der Waals surface area contributed by atoms with Crippen LogP contribution < -0.4 is 0 Å². The number of aromatic nitrogens is 4. The van der Waals surface area contributed by atoms with Crippen LogP contribution in [-0.2, 0) is 38.5 Å². The van der Waals surface area contributed by atoms with Gasteiger partial charge in [0.05, 0.1) is 33.8 Å². The van der Waals surface area contributed by atoms with Crippen molar-refractivity contribution in [2.75, 3.05) is 0 Å². The number of aromatic amines is 2. The van der Waals surface area contributed by atoms with Gasteiger partial charge in [0.25, 0.3) is 0 Å². The fourth-order valence-corrected chi connectivity index (χ4v) is 11.0. The van der Waals surface area contributed by atoms with Gasteiger partial charge in [-0.25, -0.2) is 9.97 Å². The monoisotopic (exact) mass is 838 g/mol. The number of aryl methyl sites for hydroxylation is 6. The minimum Gasteiger partial charge on any atom is -0.354 e. The summed E-state index contributed by atoms with van der Waals surface area (Å²) < 4.78 is 0. The van der Waals surface area contributed by atoms with Gasteiger partial charge in [-0.15, -0.1) is 0 Å². The molecule has 4 nitrogen and oxygen atoms in total. The standard InChI is InChI=1S/C60H62N4/c1-9-41-42(10-2)54-48(16-8)56-44(12-4)46(14-6)58(63-56)52(40-35-27-20-28-36-40)60-50(38-31-23-18-24-32-38)49(37-29-21-17-22-30-37)59(64-60)51(39-33-25-19-26-34-39)57-45(13-5)43(11-3)55(62-57)47(15-7)53(41)61-54/h17-36,62-63H,9-16H2,1-8H3. The zero-order chi connectivity index (χ0) is 44.5. The van der Waals surface area contributed by atoms with Crippen molar-refractivity contribution in [2.45, 2.75) is 107 Å². The van der Waals surface area contributed by atoms with E-state index in [0.29, 0.717) is 0 Å². The highest BCUT2D eigenvalue weighted by Gasteiger charge is 2.32. The van der Waals surface area contributed by atoms with Crippen molar-refractivity contribution in [3.05, 3.63) is 189 Å². The predicted octanol–water partition coefficient (Wildman–Crippen LogP) is 15.8. The van der Waals surface area contributed by atoms with E-state index in [4.69, 9.17) is 9.97 Å². The summed E-state index contributed by atoms with van der Waals surface area (Å²) in [5, 5.41) is 0. The molecule has 0 spiro atoms. The number of H-pyrrole nitrogens is 2. The molecule has 0 saturated heterocycles. The van der Waals surface area contributed by atoms with Crippen molar-refractivity contribution < 1.29 is 0 Å². The summed E-state index contributed by atoms with van der Waals surface area (Å²) in [6.07, 6.45) is 7.13. The third-order valence-electron chi connectivity index (χ3n) is 13.8. The molecule has 0 unspecified atom stereocenters. The van der Waals surface area contributed by atoms with Crippen molar-refractivity contribution in [1.82, 2.24) is 19.9 Å². The lowest BCUT2D eigenvalue weighted by molar-refractivity contribution is 1.04. The van der Waals surface area contributed by atoms with E-state index in [-0.39, 0.29) is 0 Å². The smallest absolute Gasteiger partial charge is 0.0822 e. The van der Waals surface area contributed by atoms with Crippen LogP contribution in [0.1, 0.15) is 136 Å². The Morgan fingerprint density at radius 2 is 0.578 bits per heavy atom. The molecule has 4 aromatic carbocycles. The van der Waals surface area contributed by atoms with Crippen LogP contribution in [0.3, 0.4) is 0 Å². The zero-order valence-electron chi connectivity index (χ0n) is 39.1. The van der Waals surface area contributed by atoms with Gasteiger partial charge in [0.15, 0.2) is 0 Å². The average molecular weight is 839 g/mol. The summed E-state index contributed by atoms with van der Waals surface area (Å²) in [5.74, 6) is 0. The molecule has 0 amide bonds. The number of benzene rings is 4. The van der Waals surface area contributed by atoms with E-state index >= 15 is 0 Å². The minimum absolute atomic E-state index is 0.860. The Bertz CT molecular complexity index is 2880. The average Bonchev–Trinajstić information content (AvgIpc) is 4.11. The highest BCUT2D eigenvalue weighted by molar-refractivity contribution is 6.13. The van der Waals surface area contributed by atoms with Crippen LogP contribution in [0.4, 0.5) is 0 Å². The van der Waals surface area contributed by atoms with Crippen molar-refractivity contribution in [3.8, 4) is 22.3 Å². The molecule has 0 fully saturated rings. The van der Waals surface area contributed by atoms with Crippen LogP contribution in [-0.4, -0.2) is 19.9 Å². The van der Waals surface area contributed by atoms with Crippen LogP contribution in [0.25, 0.3) is 66.6 Å². The van der Waals surface area contributed by atoms with Gasteiger partial charge in [0.2, 0.25) is 0 Å². The van der Waals surface area contributed by atoms with E-state index in [0.717, 1.165) is 130 Å². The van der Waals surface area contributed by atoms with Crippen LogP contribution in [0.15, 0.2) is 121 Å². The van der Waals surface area contributed by atoms with E-state index in [9.17, 15) is 0 Å². The van der Waals surface area contributed by atoms with Gasteiger partial charge in [0, 0.05) is 44.4 Å². The fraction of sp³-hybridized carbons (Fsp3) is 0.267. The quantitative estimate of drug-likeness (QED) is 0.129. The molecule has 0 radical (unpaired) electrons. The fourth-order valence-electron chi connectivity index (χ4n) is 11.0. The molecule has 2 aliphatic rings. The van der Waals surface area contributed by atoms with Crippen LogP contribution >= 0.6 is 0 Å². The summed E-state index contributed by atoms with van der Waals surface area (Å²) >= 11 is 0. The molecular weight excluding hydrogens is 777 g/mol. The highest BCUT2D eigenvalue weighted by atomic mass is 14.8. The van der Waals surface area contributed by atoms with E-state index in [2.05, 4.69) is 187 Å².